The second-order valence-electron chi connectivity index (χ2n) is 6.00. The first-order valence-corrected chi connectivity index (χ1v) is 7.70. The summed E-state index contributed by atoms with van der Waals surface area (Å²) >= 11 is 0. The number of alkyl halides is 1. The predicted octanol–water partition coefficient (Wildman–Crippen LogP) is 0.414. The van der Waals surface area contributed by atoms with Gasteiger partial charge in [-0.3, -0.25) is 19.5 Å². The van der Waals surface area contributed by atoms with Crippen LogP contribution >= 0.6 is 0 Å². The number of rotatable bonds is 6. The molecule has 2 aromatic rings. The Labute approximate surface area is 133 Å². The first-order valence-electron chi connectivity index (χ1n) is 7.70. The molecule has 124 valence electrons. The summed E-state index contributed by atoms with van der Waals surface area (Å²) in [5.41, 5.74) is 1.82. The maximum Gasteiger partial charge on any atom is 0.226 e. The normalized spacial score (nSPS) is 21.7. The third-order valence-corrected chi connectivity index (χ3v) is 4.07. The third-order valence-electron chi connectivity index (χ3n) is 4.07. The van der Waals surface area contributed by atoms with Crippen molar-refractivity contribution >= 4 is 5.91 Å². The second kappa shape index (κ2) is 6.91. The van der Waals surface area contributed by atoms with Crippen LogP contribution in [-0.4, -0.2) is 56.1 Å². The molecule has 2 aromatic heterocycles. The van der Waals surface area contributed by atoms with E-state index < -0.39 is 6.17 Å². The Morgan fingerprint density at radius 3 is 3.13 bits per heavy atom. The van der Waals surface area contributed by atoms with E-state index >= 15 is 0 Å². The van der Waals surface area contributed by atoms with Gasteiger partial charge in [-0.15, -0.1) is 0 Å². The van der Waals surface area contributed by atoms with Gasteiger partial charge in [0.25, 0.3) is 0 Å². The van der Waals surface area contributed by atoms with E-state index in [-0.39, 0.29) is 18.4 Å². The molecule has 0 spiro atoms. The van der Waals surface area contributed by atoms with Crippen molar-refractivity contribution in [1.29, 1.82) is 0 Å². The van der Waals surface area contributed by atoms with Crippen molar-refractivity contribution in [3.63, 3.8) is 0 Å². The largest absolute Gasteiger partial charge is 0.354 e. The fourth-order valence-corrected chi connectivity index (χ4v) is 2.97. The minimum atomic E-state index is -0.846. The number of halogens is 1. The van der Waals surface area contributed by atoms with Crippen LogP contribution in [0.2, 0.25) is 0 Å². The molecule has 1 saturated heterocycles. The Bertz CT molecular complexity index is 640. The van der Waals surface area contributed by atoms with Gasteiger partial charge in [0.05, 0.1) is 12.6 Å². The molecular weight excluding hydrogens is 299 g/mol. The highest BCUT2D eigenvalue weighted by atomic mass is 19.1. The molecule has 0 unspecified atom stereocenters. The summed E-state index contributed by atoms with van der Waals surface area (Å²) in [6.45, 7) is 1.50. The van der Waals surface area contributed by atoms with Gasteiger partial charge in [0.2, 0.25) is 5.91 Å². The minimum Gasteiger partial charge on any atom is -0.354 e. The van der Waals surface area contributed by atoms with Crippen LogP contribution in [0, 0.1) is 0 Å². The molecule has 3 rings (SSSR count). The lowest BCUT2D eigenvalue weighted by atomic mass is 10.2. The Morgan fingerprint density at radius 2 is 2.43 bits per heavy atom. The van der Waals surface area contributed by atoms with Crippen molar-refractivity contribution < 1.29 is 9.18 Å². The maximum absolute atomic E-state index is 13.8. The lowest BCUT2D eigenvalue weighted by molar-refractivity contribution is -0.120. The monoisotopic (exact) mass is 320 g/mol. The average Bonchev–Trinajstić information content (AvgIpc) is 3.21. The van der Waals surface area contributed by atoms with Gasteiger partial charge in [0, 0.05) is 56.4 Å². The molecule has 0 radical (unpaired) electrons. The Kier molecular flexibility index (Phi) is 4.71. The Morgan fingerprint density at radius 1 is 1.57 bits per heavy atom. The molecule has 3 heterocycles. The van der Waals surface area contributed by atoms with E-state index in [0.717, 1.165) is 11.3 Å². The van der Waals surface area contributed by atoms with E-state index in [1.54, 1.807) is 23.1 Å². The molecule has 8 heteroatoms. The van der Waals surface area contributed by atoms with Crippen LogP contribution in [0.15, 0.2) is 24.7 Å². The van der Waals surface area contributed by atoms with Gasteiger partial charge in [-0.25, -0.2) is 4.39 Å². The SMILES string of the molecule is Cn1cc(CN2C[C@@H](F)C[C@H]2CNC(=O)Cc2ccn[nH]2)cn1. The highest BCUT2D eigenvalue weighted by molar-refractivity contribution is 5.78. The van der Waals surface area contributed by atoms with Crippen molar-refractivity contribution in [3.05, 3.63) is 35.9 Å². The van der Waals surface area contributed by atoms with Gasteiger partial charge >= 0.3 is 0 Å². The van der Waals surface area contributed by atoms with Crippen LogP contribution in [-0.2, 0) is 24.8 Å². The standard InChI is InChI=1S/C15H21FN6O/c1-21-8-11(6-19-21)9-22-10-12(16)4-14(22)7-17-15(23)5-13-2-3-18-20-13/h2-3,6,8,12,14H,4-5,7,9-10H2,1H3,(H,17,23)(H,18,20)/t12-,14-/m0/s1. The zero-order valence-electron chi connectivity index (χ0n) is 13.1. The molecule has 7 nitrogen and oxygen atoms in total. The minimum absolute atomic E-state index is 0.0101. The molecule has 0 aliphatic carbocycles. The van der Waals surface area contributed by atoms with Crippen LogP contribution in [0.1, 0.15) is 17.7 Å². The summed E-state index contributed by atoms with van der Waals surface area (Å²) in [5, 5.41) is 13.6. The summed E-state index contributed by atoms with van der Waals surface area (Å²) in [6.07, 6.45) is 5.20. The number of carbonyl (C=O) groups excluding carboxylic acids is 1. The fraction of sp³-hybridized carbons (Fsp3) is 0.533. The zero-order valence-corrected chi connectivity index (χ0v) is 13.1. The topological polar surface area (TPSA) is 78.8 Å². The highest BCUT2D eigenvalue weighted by Crippen LogP contribution is 2.22. The van der Waals surface area contributed by atoms with Crippen LogP contribution in [0.3, 0.4) is 0 Å². The lowest BCUT2D eigenvalue weighted by Crippen LogP contribution is -2.40. The third kappa shape index (κ3) is 4.16. The first-order chi connectivity index (χ1) is 11.1. The van der Waals surface area contributed by atoms with Crippen molar-refractivity contribution in [1.82, 2.24) is 30.2 Å². The second-order valence-corrected chi connectivity index (χ2v) is 6.00. The van der Waals surface area contributed by atoms with E-state index in [4.69, 9.17) is 0 Å². The van der Waals surface area contributed by atoms with E-state index in [1.807, 2.05) is 13.2 Å². The fourth-order valence-electron chi connectivity index (χ4n) is 2.97. The number of hydrogen-bond acceptors (Lipinski definition) is 4. The number of hydrogen-bond donors (Lipinski definition) is 2. The number of nitrogens with zero attached hydrogens (tertiary/aromatic N) is 4. The summed E-state index contributed by atoms with van der Waals surface area (Å²) in [6, 6.07) is 1.78. The molecule has 0 saturated carbocycles. The smallest absolute Gasteiger partial charge is 0.226 e. The quantitative estimate of drug-likeness (QED) is 0.808. The molecule has 0 bridgehead atoms. The van der Waals surface area contributed by atoms with Gasteiger partial charge in [0.15, 0.2) is 0 Å². The summed E-state index contributed by atoms with van der Waals surface area (Å²) in [7, 11) is 1.86. The molecular formula is C15H21FN6O. The van der Waals surface area contributed by atoms with E-state index in [0.29, 0.717) is 26.1 Å². The number of amides is 1. The summed E-state index contributed by atoms with van der Waals surface area (Å²) < 4.78 is 15.5. The number of carbonyl (C=O) groups is 1. The lowest BCUT2D eigenvalue weighted by Gasteiger charge is -2.23. The number of aromatic nitrogens is 4. The van der Waals surface area contributed by atoms with Gasteiger partial charge in [-0.2, -0.15) is 10.2 Å². The van der Waals surface area contributed by atoms with Gasteiger partial charge in [-0.1, -0.05) is 0 Å². The molecule has 2 N–H and O–H groups in total. The highest BCUT2D eigenvalue weighted by Gasteiger charge is 2.32. The van der Waals surface area contributed by atoms with Gasteiger partial charge < -0.3 is 5.32 Å². The van der Waals surface area contributed by atoms with E-state index in [2.05, 4.69) is 25.5 Å². The Balaban J connectivity index is 1.51. The van der Waals surface area contributed by atoms with Crippen molar-refractivity contribution in [3.8, 4) is 0 Å². The maximum atomic E-state index is 13.8. The number of aromatic amines is 1. The molecule has 1 aliphatic rings. The number of H-pyrrole nitrogens is 1. The Hall–Kier alpha value is -2.22. The number of likely N-dealkylation sites (tertiary alicyclic amines) is 1. The van der Waals surface area contributed by atoms with Crippen LogP contribution < -0.4 is 5.32 Å². The molecule has 1 fully saturated rings. The molecule has 1 amide bonds. The molecule has 1 aliphatic heterocycles. The average molecular weight is 320 g/mol. The van der Waals surface area contributed by atoms with E-state index in [9.17, 15) is 9.18 Å². The number of aryl methyl sites for hydroxylation is 1. The molecule has 2 atom stereocenters. The van der Waals surface area contributed by atoms with Crippen molar-refractivity contribution in [2.75, 3.05) is 13.1 Å². The molecule has 0 aromatic carbocycles. The predicted molar refractivity (Wildman–Crippen MR) is 82.2 cm³/mol. The summed E-state index contributed by atoms with van der Waals surface area (Å²) in [4.78, 5) is 14.0. The van der Waals surface area contributed by atoms with E-state index in [1.165, 1.54) is 0 Å². The first kappa shape index (κ1) is 15.7. The summed E-state index contributed by atoms with van der Waals surface area (Å²) in [5.74, 6) is -0.0853. The van der Waals surface area contributed by atoms with Crippen molar-refractivity contribution in [2.24, 2.45) is 7.05 Å². The van der Waals surface area contributed by atoms with Gasteiger partial charge in [0.1, 0.15) is 6.17 Å². The number of nitrogens with one attached hydrogen (secondary N) is 2. The van der Waals surface area contributed by atoms with Crippen molar-refractivity contribution in [2.45, 2.75) is 31.6 Å². The van der Waals surface area contributed by atoms with Crippen LogP contribution in [0.25, 0.3) is 0 Å². The van der Waals surface area contributed by atoms with Crippen LogP contribution in [0.5, 0.6) is 0 Å². The molecule has 23 heavy (non-hydrogen) atoms. The zero-order chi connectivity index (χ0) is 16.2. The van der Waals surface area contributed by atoms with Gasteiger partial charge in [-0.05, 0) is 12.5 Å². The van der Waals surface area contributed by atoms with Crippen LogP contribution in [0.4, 0.5) is 4.39 Å².